The van der Waals surface area contributed by atoms with Crippen LogP contribution >= 0.6 is 11.3 Å². The van der Waals surface area contributed by atoms with E-state index in [1.165, 1.54) is 15.8 Å². The maximum absolute atomic E-state index is 12.9. The number of nitrogens with zero attached hydrogens (tertiary/aromatic N) is 2. The molecule has 0 radical (unpaired) electrons. The molecule has 1 N–H and O–H groups in total. The van der Waals surface area contributed by atoms with Crippen LogP contribution in [0.2, 0.25) is 0 Å². The summed E-state index contributed by atoms with van der Waals surface area (Å²) < 4.78 is 6.79. The van der Waals surface area contributed by atoms with Gasteiger partial charge in [-0.2, -0.15) is 0 Å². The maximum atomic E-state index is 12.9. The monoisotopic (exact) mass is 433 g/mol. The lowest BCUT2D eigenvalue weighted by atomic mass is 9.90. The second-order valence-corrected chi connectivity index (χ2v) is 10.6. The van der Waals surface area contributed by atoms with Crippen LogP contribution in [0.5, 0.6) is 5.75 Å². The van der Waals surface area contributed by atoms with Gasteiger partial charge in [0.15, 0.2) is 0 Å². The average molecular weight is 434 g/mol. The number of likely N-dealkylation sites (tertiary alicyclic amines) is 1. The lowest BCUT2D eigenvalue weighted by Gasteiger charge is -2.33. The summed E-state index contributed by atoms with van der Waals surface area (Å²) in [5.74, 6) is 1.38. The summed E-state index contributed by atoms with van der Waals surface area (Å²) in [7, 11) is 0. The molecular weight excluding hydrogens is 406 g/mol. The Morgan fingerprint density at radius 1 is 1.26 bits per heavy atom. The zero-order chi connectivity index (χ0) is 21.0. The zero-order valence-electron chi connectivity index (χ0n) is 17.8. The Bertz CT molecular complexity index is 1160. The van der Waals surface area contributed by atoms with E-state index >= 15 is 0 Å². The van der Waals surface area contributed by atoms with Gasteiger partial charge < -0.3 is 10.1 Å². The first-order valence-corrected chi connectivity index (χ1v) is 12.0. The summed E-state index contributed by atoms with van der Waals surface area (Å²) in [6, 6.07) is 12.7. The highest BCUT2D eigenvalue weighted by molar-refractivity contribution is 7.18. The summed E-state index contributed by atoms with van der Waals surface area (Å²) in [5, 5.41) is 4.21. The van der Waals surface area contributed by atoms with Crippen molar-refractivity contribution in [1.29, 1.82) is 0 Å². The van der Waals surface area contributed by atoms with Gasteiger partial charge in [0.1, 0.15) is 5.75 Å². The lowest BCUT2D eigenvalue weighted by molar-refractivity contribution is -0.118. The minimum atomic E-state index is 0.152. The number of anilines is 1. The molecule has 31 heavy (non-hydrogen) atoms. The minimum Gasteiger partial charge on any atom is -0.493 e. The van der Waals surface area contributed by atoms with Crippen LogP contribution in [0.3, 0.4) is 0 Å². The molecule has 1 aliphatic carbocycles. The molecule has 160 valence electrons. The van der Waals surface area contributed by atoms with E-state index in [0.29, 0.717) is 0 Å². The van der Waals surface area contributed by atoms with Crippen molar-refractivity contribution in [2.45, 2.75) is 39.2 Å². The first kappa shape index (κ1) is 19.3. The Balaban J connectivity index is 1.05. The van der Waals surface area contributed by atoms with Crippen LogP contribution in [-0.2, 0) is 17.8 Å². The molecule has 1 saturated heterocycles. The highest BCUT2D eigenvalue weighted by atomic mass is 32.1. The molecule has 0 bridgehead atoms. The molecule has 1 amide bonds. The van der Waals surface area contributed by atoms with Crippen LogP contribution in [0.25, 0.3) is 10.2 Å². The van der Waals surface area contributed by atoms with E-state index in [-0.39, 0.29) is 17.2 Å². The highest BCUT2D eigenvalue weighted by Crippen LogP contribution is 2.59. The molecule has 3 heterocycles. The molecule has 2 fully saturated rings. The van der Waals surface area contributed by atoms with E-state index in [1.807, 2.05) is 19.1 Å². The lowest BCUT2D eigenvalue weighted by Crippen LogP contribution is -2.35. The van der Waals surface area contributed by atoms with Gasteiger partial charge in [-0.3, -0.25) is 9.69 Å². The predicted molar refractivity (Wildman–Crippen MR) is 124 cm³/mol. The van der Waals surface area contributed by atoms with Crippen LogP contribution in [0.4, 0.5) is 5.69 Å². The number of piperidine rings is 1. The molecule has 2 aromatic carbocycles. The first-order chi connectivity index (χ1) is 15.1. The molecule has 6 rings (SSSR count). The molecule has 2 aliphatic heterocycles. The van der Waals surface area contributed by atoms with Gasteiger partial charge in [0, 0.05) is 24.6 Å². The van der Waals surface area contributed by atoms with E-state index in [4.69, 9.17) is 4.74 Å². The number of rotatable bonds is 4. The molecular formula is C25H27N3O2S. The fourth-order valence-electron chi connectivity index (χ4n) is 5.37. The molecule has 1 spiro atoms. The van der Waals surface area contributed by atoms with Gasteiger partial charge in [-0.15, -0.1) is 11.3 Å². The standard InChI is InChI=1S/C25H27N3O2S/c1-16-26-21-13-19(3-5-23(21)31-16)27-24(29)20-14-25(20)7-9-28(10-8-25)15-17-2-4-22-18(12-17)6-11-30-22/h2-5,12-13,20H,6-11,14-15H2,1H3,(H,27,29)/t20-/m0/s1. The van der Waals surface area contributed by atoms with E-state index in [1.54, 1.807) is 11.3 Å². The Morgan fingerprint density at radius 2 is 2.13 bits per heavy atom. The number of thiazole rings is 1. The number of carbonyl (C=O) groups excluding carboxylic acids is 1. The van der Waals surface area contributed by atoms with Crippen molar-refractivity contribution >= 4 is 33.1 Å². The van der Waals surface area contributed by atoms with Gasteiger partial charge in [0.2, 0.25) is 5.91 Å². The van der Waals surface area contributed by atoms with Crippen LogP contribution in [0, 0.1) is 18.3 Å². The number of amides is 1. The second kappa shape index (κ2) is 7.31. The van der Waals surface area contributed by atoms with Gasteiger partial charge in [0.25, 0.3) is 0 Å². The largest absolute Gasteiger partial charge is 0.493 e. The molecule has 1 saturated carbocycles. The fraction of sp³-hybridized carbons (Fsp3) is 0.440. The number of fused-ring (bicyclic) bond motifs is 2. The Kier molecular flexibility index (Phi) is 4.54. The summed E-state index contributed by atoms with van der Waals surface area (Å²) >= 11 is 1.69. The topological polar surface area (TPSA) is 54.5 Å². The number of hydrogen-bond acceptors (Lipinski definition) is 5. The minimum absolute atomic E-state index is 0.152. The average Bonchev–Trinajstić information content (AvgIpc) is 3.07. The third-order valence-electron chi connectivity index (χ3n) is 7.28. The van der Waals surface area contributed by atoms with Gasteiger partial charge in [-0.25, -0.2) is 4.98 Å². The summed E-state index contributed by atoms with van der Waals surface area (Å²) in [5.41, 5.74) is 4.77. The van der Waals surface area contributed by atoms with Crippen LogP contribution in [-0.4, -0.2) is 35.5 Å². The van der Waals surface area contributed by atoms with E-state index in [0.717, 1.165) is 73.9 Å². The van der Waals surface area contributed by atoms with Crippen molar-refractivity contribution in [2.24, 2.45) is 11.3 Å². The number of aromatic nitrogens is 1. The quantitative estimate of drug-likeness (QED) is 0.643. The molecule has 0 unspecified atom stereocenters. The molecule has 6 heteroatoms. The van der Waals surface area contributed by atoms with Crippen LogP contribution < -0.4 is 10.1 Å². The number of nitrogens with one attached hydrogen (secondary N) is 1. The number of hydrogen-bond donors (Lipinski definition) is 1. The molecule has 3 aromatic rings. The van der Waals surface area contributed by atoms with E-state index in [2.05, 4.69) is 39.5 Å². The smallest absolute Gasteiger partial charge is 0.228 e. The van der Waals surface area contributed by atoms with Gasteiger partial charge in [-0.05, 0) is 80.1 Å². The molecule has 3 aliphatic rings. The Labute approximate surface area is 186 Å². The van der Waals surface area contributed by atoms with Crippen LogP contribution in [0.1, 0.15) is 35.4 Å². The van der Waals surface area contributed by atoms with Crippen LogP contribution in [0.15, 0.2) is 36.4 Å². The molecule has 5 nitrogen and oxygen atoms in total. The van der Waals surface area contributed by atoms with E-state index in [9.17, 15) is 4.79 Å². The first-order valence-electron chi connectivity index (χ1n) is 11.2. The Hall–Kier alpha value is -2.44. The highest BCUT2D eigenvalue weighted by Gasteiger charge is 2.58. The normalized spacial score (nSPS) is 21.8. The van der Waals surface area contributed by atoms with Gasteiger partial charge in [0.05, 0.1) is 21.8 Å². The number of ether oxygens (including phenoxy) is 1. The number of carbonyl (C=O) groups is 1. The second-order valence-electron chi connectivity index (χ2n) is 9.34. The maximum Gasteiger partial charge on any atom is 0.228 e. The summed E-state index contributed by atoms with van der Waals surface area (Å²) in [4.78, 5) is 20.0. The van der Waals surface area contributed by atoms with Crippen molar-refractivity contribution in [2.75, 3.05) is 25.0 Å². The SMILES string of the molecule is Cc1nc2cc(NC(=O)[C@@H]3CC34CCN(Cc3ccc5c(c3)CCO5)CC4)ccc2s1. The zero-order valence-corrected chi connectivity index (χ0v) is 18.6. The summed E-state index contributed by atoms with van der Waals surface area (Å²) in [6.45, 7) is 5.96. The third-order valence-corrected chi connectivity index (χ3v) is 8.23. The number of benzene rings is 2. The molecule has 1 aromatic heterocycles. The van der Waals surface area contributed by atoms with Gasteiger partial charge >= 0.3 is 0 Å². The Morgan fingerprint density at radius 3 is 3.00 bits per heavy atom. The predicted octanol–water partition coefficient (Wildman–Crippen LogP) is 4.78. The van der Waals surface area contributed by atoms with Crippen molar-refractivity contribution < 1.29 is 9.53 Å². The summed E-state index contributed by atoms with van der Waals surface area (Å²) in [6.07, 6.45) is 4.28. The van der Waals surface area contributed by atoms with Crippen molar-refractivity contribution in [3.05, 3.63) is 52.5 Å². The van der Waals surface area contributed by atoms with Gasteiger partial charge in [-0.1, -0.05) is 12.1 Å². The number of aryl methyl sites for hydroxylation is 1. The van der Waals surface area contributed by atoms with Crippen molar-refractivity contribution in [3.8, 4) is 5.75 Å². The molecule has 1 atom stereocenters. The van der Waals surface area contributed by atoms with Crippen molar-refractivity contribution in [1.82, 2.24) is 9.88 Å². The third kappa shape index (κ3) is 3.62. The fourth-order valence-corrected chi connectivity index (χ4v) is 6.18. The van der Waals surface area contributed by atoms with Crippen molar-refractivity contribution in [3.63, 3.8) is 0 Å². The van der Waals surface area contributed by atoms with E-state index < -0.39 is 0 Å².